The van der Waals surface area contributed by atoms with Gasteiger partial charge in [-0.3, -0.25) is 4.79 Å². The Hall–Kier alpha value is -0.570. The van der Waals surface area contributed by atoms with Crippen LogP contribution in [0.15, 0.2) is 0 Å². The van der Waals surface area contributed by atoms with E-state index in [1.54, 1.807) is 0 Å². The molecule has 0 aromatic heterocycles. The standard InChI is InChI=1S/C12H24N2O/c1-10(2)14-11(15)9-12(13-3)7-5-4-6-8-12/h10,13H,4-9H2,1-3H3,(H,14,15). The van der Waals surface area contributed by atoms with Crippen molar-refractivity contribution in [1.29, 1.82) is 0 Å². The predicted molar refractivity (Wildman–Crippen MR) is 62.8 cm³/mol. The normalized spacial score (nSPS) is 20.3. The summed E-state index contributed by atoms with van der Waals surface area (Å²) in [6.45, 7) is 4.01. The first-order chi connectivity index (χ1) is 7.08. The molecule has 3 nitrogen and oxygen atoms in total. The van der Waals surface area contributed by atoms with Crippen LogP contribution in [0.4, 0.5) is 0 Å². The number of nitrogens with one attached hydrogen (secondary N) is 2. The van der Waals surface area contributed by atoms with E-state index in [1.807, 2.05) is 20.9 Å². The molecule has 0 aromatic rings. The molecule has 88 valence electrons. The zero-order valence-corrected chi connectivity index (χ0v) is 10.2. The van der Waals surface area contributed by atoms with Gasteiger partial charge in [0.2, 0.25) is 5.91 Å². The molecule has 3 heteroatoms. The summed E-state index contributed by atoms with van der Waals surface area (Å²) in [5.41, 5.74) is 0.0667. The molecule has 0 heterocycles. The van der Waals surface area contributed by atoms with Crippen LogP contribution in [0.5, 0.6) is 0 Å². The highest BCUT2D eigenvalue weighted by atomic mass is 16.1. The topological polar surface area (TPSA) is 41.1 Å². The van der Waals surface area contributed by atoms with Gasteiger partial charge in [0, 0.05) is 18.0 Å². The second-order valence-electron chi connectivity index (χ2n) is 4.99. The monoisotopic (exact) mass is 212 g/mol. The fourth-order valence-electron chi connectivity index (χ4n) is 2.42. The Kier molecular flexibility index (Phi) is 4.58. The maximum Gasteiger partial charge on any atom is 0.222 e. The van der Waals surface area contributed by atoms with Crippen LogP contribution in [0.1, 0.15) is 52.4 Å². The second kappa shape index (κ2) is 5.50. The highest BCUT2D eigenvalue weighted by molar-refractivity contribution is 5.77. The summed E-state index contributed by atoms with van der Waals surface area (Å²) in [6, 6.07) is 0.245. The summed E-state index contributed by atoms with van der Waals surface area (Å²) >= 11 is 0. The van der Waals surface area contributed by atoms with E-state index in [4.69, 9.17) is 0 Å². The van der Waals surface area contributed by atoms with Crippen molar-refractivity contribution in [1.82, 2.24) is 10.6 Å². The van der Waals surface area contributed by atoms with E-state index >= 15 is 0 Å². The van der Waals surface area contributed by atoms with Gasteiger partial charge in [0.05, 0.1) is 0 Å². The second-order valence-corrected chi connectivity index (χ2v) is 4.99. The van der Waals surface area contributed by atoms with E-state index < -0.39 is 0 Å². The fourth-order valence-corrected chi connectivity index (χ4v) is 2.42. The number of carbonyl (C=O) groups is 1. The molecule has 1 fully saturated rings. The van der Waals surface area contributed by atoms with Crippen molar-refractivity contribution in [3.63, 3.8) is 0 Å². The van der Waals surface area contributed by atoms with Crippen molar-refractivity contribution in [3.8, 4) is 0 Å². The lowest BCUT2D eigenvalue weighted by molar-refractivity contribution is -0.123. The van der Waals surface area contributed by atoms with E-state index in [1.165, 1.54) is 19.3 Å². The molecule has 0 unspecified atom stereocenters. The van der Waals surface area contributed by atoms with E-state index in [2.05, 4.69) is 10.6 Å². The van der Waals surface area contributed by atoms with Crippen LogP contribution in [0.2, 0.25) is 0 Å². The molecule has 2 N–H and O–H groups in total. The van der Waals surface area contributed by atoms with Crippen LogP contribution in [0.25, 0.3) is 0 Å². The Labute approximate surface area is 93.0 Å². The Morgan fingerprint density at radius 2 is 1.87 bits per heavy atom. The largest absolute Gasteiger partial charge is 0.354 e. The van der Waals surface area contributed by atoms with Gasteiger partial charge < -0.3 is 10.6 Å². The first kappa shape index (κ1) is 12.5. The van der Waals surface area contributed by atoms with Gasteiger partial charge in [0.25, 0.3) is 0 Å². The van der Waals surface area contributed by atoms with Crippen LogP contribution < -0.4 is 10.6 Å². The number of carbonyl (C=O) groups excluding carboxylic acids is 1. The Bertz CT molecular complexity index is 208. The van der Waals surface area contributed by atoms with Crippen molar-refractivity contribution >= 4 is 5.91 Å². The molecule has 15 heavy (non-hydrogen) atoms. The first-order valence-electron chi connectivity index (χ1n) is 6.06. The maximum atomic E-state index is 11.7. The molecule has 0 spiro atoms. The Morgan fingerprint density at radius 1 is 1.27 bits per heavy atom. The van der Waals surface area contributed by atoms with Crippen LogP contribution in [-0.2, 0) is 4.79 Å². The van der Waals surface area contributed by atoms with Crippen molar-refractivity contribution in [2.45, 2.75) is 64.0 Å². The molecule has 1 saturated carbocycles. The minimum atomic E-state index is 0.0667. The molecule has 0 saturated heterocycles. The third-order valence-electron chi connectivity index (χ3n) is 3.29. The lowest BCUT2D eigenvalue weighted by atomic mass is 9.79. The van der Waals surface area contributed by atoms with Gasteiger partial charge in [-0.25, -0.2) is 0 Å². The Morgan fingerprint density at radius 3 is 2.33 bits per heavy atom. The predicted octanol–water partition coefficient (Wildman–Crippen LogP) is 1.82. The van der Waals surface area contributed by atoms with Gasteiger partial charge in [0.1, 0.15) is 0 Å². The smallest absolute Gasteiger partial charge is 0.222 e. The lowest BCUT2D eigenvalue weighted by Crippen LogP contribution is -2.49. The molecule has 0 bridgehead atoms. The van der Waals surface area contributed by atoms with Gasteiger partial charge >= 0.3 is 0 Å². The molecule has 0 aliphatic heterocycles. The molecule has 1 amide bonds. The molecule has 1 rings (SSSR count). The van der Waals surface area contributed by atoms with Gasteiger partial charge in [-0.15, -0.1) is 0 Å². The number of hydrogen-bond donors (Lipinski definition) is 2. The molecular weight excluding hydrogens is 188 g/mol. The summed E-state index contributed by atoms with van der Waals surface area (Å²) in [4.78, 5) is 11.7. The summed E-state index contributed by atoms with van der Waals surface area (Å²) in [7, 11) is 1.98. The van der Waals surface area contributed by atoms with Crippen LogP contribution in [0, 0.1) is 0 Å². The first-order valence-corrected chi connectivity index (χ1v) is 6.06. The summed E-state index contributed by atoms with van der Waals surface area (Å²) in [6.07, 6.45) is 6.70. The number of hydrogen-bond acceptors (Lipinski definition) is 2. The number of amides is 1. The summed E-state index contributed by atoms with van der Waals surface area (Å²) in [5, 5.41) is 6.33. The van der Waals surface area contributed by atoms with Gasteiger partial charge in [0.15, 0.2) is 0 Å². The molecule has 0 atom stereocenters. The van der Waals surface area contributed by atoms with E-state index in [0.717, 1.165) is 12.8 Å². The zero-order chi connectivity index (χ0) is 11.3. The van der Waals surface area contributed by atoms with Crippen LogP contribution in [-0.4, -0.2) is 24.5 Å². The van der Waals surface area contributed by atoms with Gasteiger partial charge in [-0.2, -0.15) is 0 Å². The highest BCUT2D eigenvalue weighted by Gasteiger charge is 2.32. The molecular formula is C12H24N2O. The van der Waals surface area contributed by atoms with Gasteiger partial charge in [-0.1, -0.05) is 19.3 Å². The van der Waals surface area contributed by atoms with Gasteiger partial charge in [-0.05, 0) is 33.7 Å². The van der Waals surface area contributed by atoms with Crippen molar-refractivity contribution in [2.75, 3.05) is 7.05 Å². The zero-order valence-electron chi connectivity index (χ0n) is 10.2. The quantitative estimate of drug-likeness (QED) is 0.746. The summed E-state index contributed by atoms with van der Waals surface area (Å²) in [5.74, 6) is 0.182. The van der Waals surface area contributed by atoms with E-state index in [9.17, 15) is 4.79 Å². The molecule has 1 aliphatic carbocycles. The van der Waals surface area contributed by atoms with Crippen LogP contribution >= 0.6 is 0 Å². The minimum Gasteiger partial charge on any atom is -0.354 e. The fraction of sp³-hybridized carbons (Fsp3) is 0.917. The third-order valence-corrected chi connectivity index (χ3v) is 3.29. The van der Waals surface area contributed by atoms with Crippen molar-refractivity contribution in [3.05, 3.63) is 0 Å². The molecule has 1 aliphatic rings. The molecule has 0 aromatic carbocycles. The number of rotatable bonds is 4. The SMILES string of the molecule is CNC1(CC(=O)NC(C)C)CCCCC1. The Balaban J connectivity index is 2.47. The third kappa shape index (κ3) is 3.82. The molecule has 0 radical (unpaired) electrons. The lowest BCUT2D eigenvalue weighted by Gasteiger charge is -2.36. The van der Waals surface area contributed by atoms with Crippen molar-refractivity contribution < 1.29 is 4.79 Å². The minimum absolute atomic E-state index is 0.0667. The average Bonchev–Trinajstić information content (AvgIpc) is 2.17. The van der Waals surface area contributed by atoms with Crippen molar-refractivity contribution in [2.24, 2.45) is 0 Å². The highest BCUT2D eigenvalue weighted by Crippen LogP contribution is 2.30. The van der Waals surface area contributed by atoms with E-state index in [-0.39, 0.29) is 17.5 Å². The summed E-state index contributed by atoms with van der Waals surface area (Å²) < 4.78 is 0. The van der Waals surface area contributed by atoms with E-state index in [0.29, 0.717) is 6.42 Å². The van der Waals surface area contributed by atoms with Crippen LogP contribution in [0.3, 0.4) is 0 Å². The average molecular weight is 212 g/mol. The maximum absolute atomic E-state index is 11.7.